The second-order valence-corrected chi connectivity index (χ2v) is 9.50. The number of aromatic nitrogens is 1. The first-order chi connectivity index (χ1) is 14.9. The number of benzene rings is 1. The molecule has 4 rings (SSSR count). The number of ether oxygens (including phenoxy) is 2. The Labute approximate surface area is 184 Å². The fourth-order valence-corrected chi connectivity index (χ4v) is 5.79. The second kappa shape index (κ2) is 8.49. The molecule has 0 unspecified atom stereocenters. The molecule has 1 aromatic carbocycles. The lowest BCUT2D eigenvalue weighted by atomic mass is 10.1. The fourth-order valence-electron chi connectivity index (χ4n) is 2.63. The van der Waals surface area contributed by atoms with Crippen LogP contribution in [0.4, 0.5) is 4.79 Å². The Morgan fingerprint density at radius 1 is 1.26 bits per heavy atom. The highest BCUT2D eigenvalue weighted by Gasteiger charge is 2.29. The Balaban J connectivity index is 1.59. The average Bonchev–Trinajstić information content (AvgIpc) is 3.34. The monoisotopic (exact) mass is 475 g/mol. The van der Waals surface area contributed by atoms with Crippen molar-refractivity contribution in [2.24, 2.45) is 4.40 Å². The first-order valence-corrected chi connectivity index (χ1v) is 11.7. The molecule has 12 heteroatoms. The summed E-state index contributed by atoms with van der Waals surface area (Å²) in [4.78, 5) is 27.8. The molecule has 1 amide bonds. The van der Waals surface area contributed by atoms with Crippen LogP contribution in [0.2, 0.25) is 0 Å². The average molecular weight is 476 g/mol. The topological polar surface area (TPSA) is 124 Å². The predicted octanol–water partition coefficient (Wildman–Crippen LogP) is 3.39. The van der Waals surface area contributed by atoms with E-state index in [0.29, 0.717) is 0 Å². The molecule has 1 fully saturated rings. The van der Waals surface area contributed by atoms with Crippen molar-refractivity contribution in [3.63, 3.8) is 0 Å². The van der Waals surface area contributed by atoms with Crippen molar-refractivity contribution in [2.45, 2.75) is 4.90 Å². The molecule has 1 saturated heterocycles. The Bertz CT molecular complexity index is 1360. The largest absolute Gasteiger partial charge is 0.514 e. The van der Waals surface area contributed by atoms with Gasteiger partial charge in [0.05, 0.1) is 17.5 Å². The number of methoxy groups -OCH3 is 1. The molecule has 0 saturated carbocycles. The second-order valence-electron chi connectivity index (χ2n) is 6.02. The van der Waals surface area contributed by atoms with E-state index in [1.165, 1.54) is 11.4 Å². The molecule has 0 radical (unpaired) electrons. The predicted molar refractivity (Wildman–Crippen MR) is 117 cm³/mol. The minimum Gasteiger partial charge on any atom is -0.437 e. The molecule has 1 aliphatic heterocycles. The number of fused-ring (bicyclic) bond motifs is 1. The SMILES string of the molecule is COC(=O)Oc1sccc1S(=O)(=O)N=C1NC(=O)C(=Cc2ccc3ncccc3c2)S1. The molecule has 2 aromatic heterocycles. The van der Waals surface area contributed by atoms with Gasteiger partial charge in [0.25, 0.3) is 15.9 Å². The molecule has 1 N–H and O–H groups in total. The zero-order valence-corrected chi connectivity index (χ0v) is 18.2. The van der Waals surface area contributed by atoms with Crippen LogP contribution in [-0.2, 0) is 19.6 Å². The number of amidine groups is 1. The Hall–Kier alpha value is -3.22. The summed E-state index contributed by atoms with van der Waals surface area (Å²) in [6.45, 7) is 0. The fraction of sp³-hybridized carbons (Fsp3) is 0.0526. The smallest absolute Gasteiger partial charge is 0.437 e. The van der Waals surface area contributed by atoms with Crippen LogP contribution in [0.5, 0.6) is 5.06 Å². The number of thioether (sulfide) groups is 1. The zero-order chi connectivity index (χ0) is 22.0. The van der Waals surface area contributed by atoms with Crippen LogP contribution in [0.3, 0.4) is 0 Å². The lowest BCUT2D eigenvalue weighted by molar-refractivity contribution is -0.115. The summed E-state index contributed by atoms with van der Waals surface area (Å²) in [6, 6.07) is 10.5. The van der Waals surface area contributed by atoms with Crippen molar-refractivity contribution in [1.82, 2.24) is 10.3 Å². The van der Waals surface area contributed by atoms with Gasteiger partial charge in [-0.25, -0.2) is 4.79 Å². The molecule has 1 aliphatic rings. The van der Waals surface area contributed by atoms with Gasteiger partial charge >= 0.3 is 6.16 Å². The number of nitrogens with zero attached hydrogens (tertiary/aromatic N) is 2. The zero-order valence-electron chi connectivity index (χ0n) is 15.8. The molecule has 31 heavy (non-hydrogen) atoms. The quantitative estimate of drug-likeness (QED) is 0.450. The number of sulfonamides is 1. The molecule has 0 aliphatic carbocycles. The molecule has 3 heterocycles. The van der Waals surface area contributed by atoms with Gasteiger partial charge in [-0.2, -0.15) is 8.42 Å². The molecule has 158 valence electrons. The van der Waals surface area contributed by atoms with Gasteiger partial charge in [-0.3, -0.25) is 15.1 Å². The number of hydrogen-bond donors (Lipinski definition) is 1. The van der Waals surface area contributed by atoms with Gasteiger partial charge in [0.2, 0.25) is 5.06 Å². The number of thiophene rings is 1. The van der Waals surface area contributed by atoms with E-state index in [-0.39, 0.29) is 20.0 Å². The normalized spacial score (nSPS) is 16.6. The van der Waals surface area contributed by atoms with Crippen molar-refractivity contribution < 1.29 is 27.5 Å². The number of nitrogens with one attached hydrogen (secondary N) is 1. The highest BCUT2D eigenvalue weighted by molar-refractivity contribution is 8.19. The Morgan fingerprint density at radius 3 is 2.90 bits per heavy atom. The molecule has 9 nitrogen and oxygen atoms in total. The van der Waals surface area contributed by atoms with Crippen LogP contribution in [0, 0.1) is 0 Å². The summed E-state index contributed by atoms with van der Waals surface area (Å²) in [5.74, 6) is -0.471. The van der Waals surface area contributed by atoms with Crippen LogP contribution in [0.15, 0.2) is 62.2 Å². The van der Waals surface area contributed by atoms with Crippen molar-refractivity contribution >= 4 is 67.3 Å². The maximum absolute atomic E-state index is 12.7. The third-order valence-electron chi connectivity index (χ3n) is 4.00. The molecule has 0 atom stereocenters. The van der Waals surface area contributed by atoms with Crippen LogP contribution in [0.25, 0.3) is 17.0 Å². The standard InChI is InChI=1S/C19H13N3O6S3/c1-27-19(24)28-17-15(6-8-29-17)31(25,26)22-18-21-16(23)14(30-18)10-11-4-5-13-12(9-11)3-2-7-20-13/h2-10H,1H3,(H,21,22,23). The summed E-state index contributed by atoms with van der Waals surface area (Å²) in [5.41, 5.74) is 1.58. The van der Waals surface area contributed by atoms with Crippen molar-refractivity contribution in [3.05, 3.63) is 58.4 Å². The number of carbonyl (C=O) groups excluding carboxylic acids is 2. The van der Waals surface area contributed by atoms with Crippen LogP contribution >= 0.6 is 23.1 Å². The summed E-state index contributed by atoms with van der Waals surface area (Å²) < 4.78 is 38.2. The van der Waals surface area contributed by atoms with E-state index in [0.717, 1.165) is 46.7 Å². The molecule has 0 bridgehead atoms. The van der Waals surface area contributed by atoms with Crippen LogP contribution < -0.4 is 10.1 Å². The van der Waals surface area contributed by atoms with Crippen LogP contribution in [-0.4, -0.2) is 37.7 Å². The van der Waals surface area contributed by atoms with Gasteiger partial charge in [-0.05, 0) is 53.0 Å². The summed E-state index contributed by atoms with van der Waals surface area (Å²) in [7, 11) is -3.13. The van der Waals surface area contributed by atoms with E-state index in [9.17, 15) is 18.0 Å². The van der Waals surface area contributed by atoms with Gasteiger partial charge in [0.1, 0.15) is 4.90 Å². The Morgan fingerprint density at radius 2 is 2.10 bits per heavy atom. The number of pyridine rings is 1. The molecular formula is C19H13N3O6S3. The number of hydrogen-bond acceptors (Lipinski definition) is 9. The molecular weight excluding hydrogens is 462 g/mol. The number of amides is 1. The summed E-state index contributed by atoms with van der Waals surface area (Å²) >= 11 is 1.79. The van der Waals surface area contributed by atoms with Gasteiger partial charge in [-0.15, -0.1) is 15.7 Å². The van der Waals surface area contributed by atoms with Crippen molar-refractivity contribution in [1.29, 1.82) is 0 Å². The lowest BCUT2D eigenvalue weighted by Gasteiger charge is -2.02. The van der Waals surface area contributed by atoms with E-state index in [1.807, 2.05) is 30.3 Å². The first-order valence-electron chi connectivity index (χ1n) is 8.60. The van der Waals surface area contributed by atoms with E-state index in [4.69, 9.17) is 4.74 Å². The minimum absolute atomic E-state index is 0.103. The van der Waals surface area contributed by atoms with Gasteiger partial charge in [0.15, 0.2) is 5.17 Å². The first kappa shape index (κ1) is 21.0. The van der Waals surface area contributed by atoms with E-state index in [1.54, 1.807) is 12.3 Å². The maximum atomic E-state index is 12.7. The third-order valence-corrected chi connectivity index (χ3v) is 7.24. The number of carbonyl (C=O) groups is 2. The minimum atomic E-state index is -4.24. The summed E-state index contributed by atoms with van der Waals surface area (Å²) in [5, 5.41) is 4.50. The number of rotatable bonds is 4. The van der Waals surface area contributed by atoms with Crippen molar-refractivity contribution in [2.75, 3.05) is 7.11 Å². The van der Waals surface area contributed by atoms with E-state index in [2.05, 4.69) is 19.4 Å². The third kappa shape index (κ3) is 4.60. The summed E-state index contributed by atoms with van der Waals surface area (Å²) in [6.07, 6.45) is 2.28. The van der Waals surface area contributed by atoms with E-state index >= 15 is 0 Å². The maximum Gasteiger partial charge on any atom is 0.514 e. The highest BCUT2D eigenvalue weighted by atomic mass is 32.2. The van der Waals surface area contributed by atoms with Crippen LogP contribution in [0.1, 0.15) is 5.56 Å². The lowest BCUT2D eigenvalue weighted by Crippen LogP contribution is -2.21. The van der Waals surface area contributed by atoms with Gasteiger partial charge in [0, 0.05) is 11.6 Å². The Kier molecular flexibility index (Phi) is 5.76. The molecule has 0 spiro atoms. The molecule has 3 aromatic rings. The van der Waals surface area contributed by atoms with Gasteiger partial charge < -0.3 is 9.47 Å². The highest BCUT2D eigenvalue weighted by Crippen LogP contribution is 2.34. The van der Waals surface area contributed by atoms with Crippen molar-refractivity contribution in [3.8, 4) is 5.06 Å². The van der Waals surface area contributed by atoms with E-state index < -0.39 is 22.1 Å². The van der Waals surface area contributed by atoms with Gasteiger partial charge in [-0.1, -0.05) is 12.1 Å².